The lowest BCUT2D eigenvalue weighted by Gasteiger charge is -2.05. The van der Waals surface area contributed by atoms with Crippen molar-refractivity contribution >= 4 is 11.3 Å². The van der Waals surface area contributed by atoms with E-state index in [-0.39, 0.29) is 6.54 Å². The molecule has 0 heterocycles. The predicted molar refractivity (Wildman–Crippen MR) is 38.4 cm³/mol. The van der Waals surface area contributed by atoms with Crippen LogP contribution in [-0.4, -0.2) is 28.5 Å². The molecule has 0 aliphatic heterocycles. The van der Waals surface area contributed by atoms with E-state index in [1.54, 1.807) is 0 Å². The van der Waals surface area contributed by atoms with E-state index in [2.05, 4.69) is 10.6 Å². The molecule has 0 rings (SSSR count). The Hall–Kier alpha value is -0.410. The maximum Gasteiger partial charge on any atom is 0.231 e. The number of nitrogens with one attached hydrogen (secondary N) is 1. The van der Waals surface area contributed by atoms with Gasteiger partial charge in [-0.3, -0.25) is 4.55 Å². The molecular formula is C5H9NO3S. The van der Waals surface area contributed by atoms with E-state index in [4.69, 9.17) is 15.7 Å². The summed E-state index contributed by atoms with van der Waals surface area (Å²) < 4.78 is 25.2. The van der Waals surface area contributed by atoms with Gasteiger partial charge >= 0.3 is 0 Å². The van der Waals surface area contributed by atoms with Crippen LogP contribution in [0.3, 0.4) is 0 Å². The molecule has 4 nitrogen and oxygen atoms in total. The maximum atomic E-state index is 10.0. The molecule has 5 heteroatoms. The number of rotatable bonds is 4. The average molecular weight is 163 g/mol. The molecule has 0 spiro atoms. The monoisotopic (exact) mass is 163 g/mol. The summed E-state index contributed by atoms with van der Waals surface area (Å²) in [5.41, 5.74) is 0. The van der Waals surface area contributed by atoms with Gasteiger partial charge in [0.1, 0.15) is 6.10 Å². The Balaban J connectivity index is 3.47. The molecule has 58 valence electrons. The van der Waals surface area contributed by atoms with Gasteiger partial charge in [-0.1, -0.05) is 5.92 Å². The largest absolute Gasteiger partial charge is 0.367 e. The highest BCUT2D eigenvalue weighted by molar-refractivity contribution is 7.77. The average Bonchev–Trinajstić information content (AvgIpc) is 1.90. The van der Waals surface area contributed by atoms with E-state index in [0.717, 1.165) is 0 Å². The van der Waals surface area contributed by atoms with Gasteiger partial charge in [-0.25, -0.2) is 8.93 Å². The summed E-state index contributed by atoms with van der Waals surface area (Å²) in [6.07, 6.45) is 4.53. The minimum absolute atomic E-state index is 0.177. The lowest BCUT2D eigenvalue weighted by Crippen LogP contribution is -2.28. The van der Waals surface area contributed by atoms with Crippen LogP contribution in [0.5, 0.6) is 0 Å². The van der Waals surface area contributed by atoms with Gasteiger partial charge in [0.25, 0.3) is 0 Å². The van der Waals surface area contributed by atoms with Crippen molar-refractivity contribution in [2.75, 3.05) is 13.7 Å². The molecule has 0 fully saturated rings. The van der Waals surface area contributed by atoms with Gasteiger partial charge < -0.3 is 4.74 Å². The minimum atomic E-state index is -2.01. The lowest BCUT2D eigenvalue weighted by molar-refractivity contribution is 0.151. The third kappa shape index (κ3) is 4.47. The normalized spacial score (nSPS) is 15.7. The van der Waals surface area contributed by atoms with Gasteiger partial charge in [-0.2, -0.15) is 0 Å². The summed E-state index contributed by atoms with van der Waals surface area (Å²) in [6.45, 7) is 0.177. The summed E-state index contributed by atoms with van der Waals surface area (Å²) in [5.74, 6) is 2.28. The van der Waals surface area contributed by atoms with Gasteiger partial charge in [0.2, 0.25) is 11.3 Å². The molecule has 0 aromatic rings. The first-order valence-corrected chi connectivity index (χ1v) is 3.64. The summed E-state index contributed by atoms with van der Waals surface area (Å²) in [6, 6.07) is 0. The van der Waals surface area contributed by atoms with Crippen LogP contribution in [0.1, 0.15) is 0 Å². The highest BCUT2D eigenvalue weighted by atomic mass is 32.2. The van der Waals surface area contributed by atoms with E-state index < -0.39 is 17.4 Å². The minimum Gasteiger partial charge on any atom is -0.367 e. The molecule has 0 aromatic heterocycles. The fourth-order valence-electron chi connectivity index (χ4n) is 0.357. The first kappa shape index (κ1) is 9.59. The summed E-state index contributed by atoms with van der Waals surface area (Å²) >= 11 is -2.01. The van der Waals surface area contributed by atoms with Crippen LogP contribution < -0.4 is 4.72 Å². The standard InChI is InChI=1S/C5H9NO3S/c1-3-5(9-2)4-6-10(7)8/h1,5-6H,4H2,2H3,(H,7,8). The maximum absolute atomic E-state index is 10.0. The third-order valence-corrected chi connectivity index (χ3v) is 1.28. The summed E-state index contributed by atoms with van der Waals surface area (Å²) in [4.78, 5) is 0. The van der Waals surface area contributed by atoms with Crippen molar-refractivity contribution in [3.05, 3.63) is 0 Å². The Morgan fingerprint density at radius 1 is 2.00 bits per heavy atom. The Labute approximate surface area is 62.4 Å². The molecule has 0 saturated heterocycles. The molecular weight excluding hydrogens is 154 g/mol. The molecule has 0 aliphatic rings. The van der Waals surface area contributed by atoms with Gasteiger partial charge in [-0.05, 0) is 0 Å². The molecule has 0 aliphatic carbocycles. The van der Waals surface area contributed by atoms with Gasteiger partial charge in [-0.15, -0.1) is 6.42 Å². The van der Waals surface area contributed by atoms with Crippen LogP contribution in [0, 0.1) is 12.3 Å². The highest BCUT2D eigenvalue weighted by Crippen LogP contribution is 1.83. The van der Waals surface area contributed by atoms with E-state index in [0.29, 0.717) is 0 Å². The Bertz CT molecular complexity index is 153. The number of terminal acetylenes is 1. The zero-order valence-corrected chi connectivity index (χ0v) is 6.35. The molecule has 2 N–H and O–H groups in total. The molecule has 0 saturated carbocycles. The topological polar surface area (TPSA) is 58.6 Å². The van der Waals surface area contributed by atoms with Crippen LogP contribution in [0.25, 0.3) is 0 Å². The lowest BCUT2D eigenvalue weighted by atomic mass is 10.4. The second-order valence-corrected chi connectivity index (χ2v) is 2.28. The summed E-state index contributed by atoms with van der Waals surface area (Å²) in [5, 5.41) is 0. The molecule has 0 aromatic carbocycles. The van der Waals surface area contributed by atoms with Crippen LogP contribution in [0.2, 0.25) is 0 Å². The molecule has 10 heavy (non-hydrogen) atoms. The van der Waals surface area contributed by atoms with Crippen molar-refractivity contribution in [1.29, 1.82) is 0 Å². The first-order valence-electron chi connectivity index (χ1n) is 2.54. The van der Waals surface area contributed by atoms with Crippen LogP contribution in [0.4, 0.5) is 0 Å². The first-order chi connectivity index (χ1) is 4.70. The SMILES string of the molecule is C#CC(CNS(=O)O)OC. The van der Waals surface area contributed by atoms with E-state index in [1.165, 1.54) is 7.11 Å². The zero-order valence-electron chi connectivity index (χ0n) is 5.53. The Morgan fingerprint density at radius 2 is 2.60 bits per heavy atom. The fraction of sp³-hybridized carbons (Fsp3) is 0.600. The number of ether oxygens (including phenoxy) is 1. The van der Waals surface area contributed by atoms with E-state index >= 15 is 0 Å². The molecule has 2 unspecified atom stereocenters. The quantitative estimate of drug-likeness (QED) is 0.428. The zero-order chi connectivity index (χ0) is 7.98. The number of hydrogen-bond donors (Lipinski definition) is 2. The van der Waals surface area contributed by atoms with E-state index in [1.807, 2.05) is 0 Å². The van der Waals surface area contributed by atoms with Gasteiger partial charge in [0, 0.05) is 13.7 Å². The Morgan fingerprint density at radius 3 is 2.90 bits per heavy atom. The third-order valence-electron chi connectivity index (χ3n) is 0.863. The van der Waals surface area contributed by atoms with Crippen molar-refractivity contribution in [2.24, 2.45) is 0 Å². The predicted octanol–water partition coefficient (Wildman–Crippen LogP) is -0.639. The van der Waals surface area contributed by atoms with Crippen molar-refractivity contribution < 1.29 is 13.5 Å². The van der Waals surface area contributed by atoms with Crippen molar-refractivity contribution in [1.82, 2.24) is 4.72 Å². The second kappa shape index (κ2) is 5.38. The highest BCUT2D eigenvalue weighted by Gasteiger charge is 2.02. The van der Waals surface area contributed by atoms with Gasteiger partial charge in [0.15, 0.2) is 0 Å². The molecule has 0 radical (unpaired) electrons. The van der Waals surface area contributed by atoms with E-state index in [9.17, 15) is 4.21 Å². The summed E-state index contributed by atoms with van der Waals surface area (Å²) in [7, 11) is 1.44. The van der Waals surface area contributed by atoms with Crippen molar-refractivity contribution in [3.63, 3.8) is 0 Å². The molecule has 0 bridgehead atoms. The molecule has 0 amide bonds. The van der Waals surface area contributed by atoms with Crippen molar-refractivity contribution in [3.8, 4) is 12.3 Å². The number of hydrogen-bond acceptors (Lipinski definition) is 2. The van der Waals surface area contributed by atoms with Crippen LogP contribution in [-0.2, 0) is 16.0 Å². The molecule has 2 atom stereocenters. The van der Waals surface area contributed by atoms with Crippen molar-refractivity contribution in [2.45, 2.75) is 6.10 Å². The van der Waals surface area contributed by atoms with Crippen LogP contribution >= 0.6 is 0 Å². The number of methoxy groups -OCH3 is 1. The fourth-order valence-corrected chi connectivity index (χ4v) is 0.651. The smallest absolute Gasteiger partial charge is 0.231 e. The van der Waals surface area contributed by atoms with Gasteiger partial charge in [0.05, 0.1) is 0 Å². The Kier molecular flexibility index (Phi) is 5.16. The second-order valence-electron chi connectivity index (χ2n) is 1.49. The van der Waals surface area contributed by atoms with Crippen LogP contribution in [0.15, 0.2) is 0 Å².